The molecule has 1 aromatic heterocycles. The van der Waals surface area contributed by atoms with Gasteiger partial charge in [-0.25, -0.2) is 9.78 Å². The van der Waals surface area contributed by atoms with Crippen molar-refractivity contribution in [3.8, 4) is 5.88 Å². The van der Waals surface area contributed by atoms with Crippen molar-refractivity contribution in [3.63, 3.8) is 0 Å². The number of carboxylic acid groups (broad SMARTS) is 1. The van der Waals surface area contributed by atoms with E-state index >= 15 is 0 Å². The van der Waals surface area contributed by atoms with Crippen molar-refractivity contribution >= 4 is 33.5 Å². The summed E-state index contributed by atoms with van der Waals surface area (Å²) in [5, 5.41) is 11.6. The van der Waals surface area contributed by atoms with E-state index in [9.17, 15) is 9.59 Å². The van der Waals surface area contributed by atoms with Crippen LogP contribution in [0.2, 0.25) is 0 Å². The van der Waals surface area contributed by atoms with Crippen LogP contribution in [0.3, 0.4) is 0 Å². The van der Waals surface area contributed by atoms with Crippen molar-refractivity contribution in [1.82, 2.24) is 4.98 Å². The molecular weight excluding hydrogens is 340 g/mol. The third-order valence-corrected chi connectivity index (χ3v) is 3.33. The van der Waals surface area contributed by atoms with Gasteiger partial charge in [-0.2, -0.15) is 0 Å². The molecule has 1 heterocycles. The van der Waals surface area contributed by atoms with Gasteiger partial charge in [0, 0.05) is 16.7 Å². The lowest BCUT2D eigenvalue weighted by atomic mass is 10.2. The van der Waals surface area contributed by atoms with E-state index in [-0.39, 0.29) is 11.5 Å². The minimum absolute atomic E-state index is 0.131. The number of nitrogens with zero attached hydrogens (tertiary/aromatic N) is 1. The number of amides is 1. The van der Waals surface area contributed by atoms with E-state index in [0.29, 0.717) is 21.6 Å². The molecular formula is C14H11BrN2O4. The number of aromatic nitrogens is 1. The molecule has 0 unspecified atom stereocenters. The molecule has 6 nitrogen and oxygen atoms in total. The quantitative estimate of drug-likeness (QED) is 0.884. The average molecular weight is 351 g/mol. The molecule has 108 valence electrons. The fraction of sp³-hybridized carbons (Fsp3) is 0.0714. The van der Waals surface area contributed by atoms with E-state index in [2.05, 4.69) is 26.2 Å². The van der Waals surface area contributed by atoms with Crippen molar-refractivity contribution in [2.75, 3.05) is 12.4 Å². The number of hydrogen-bond acceptors (Lipinski definition) is 4. The molecule has 0 aliphatic carbocycles. The van der Waals surface area contributed by atoms with E-state index in [1.807, 2.05) is 0 Å². The highest BCUT2D eigenvalue weighted by Gasteiger charge is 2.11. The number of nitrogens with one attached hydrogen (secondary N) is 1. The molecule has 0 aliphatic rings. The molecule has 0 atom stereocenters. The number of aromatic carboxylic acids is 1. The predicted molar refractivity (Wildman–Crippen MR) is 79.8 cm³/mol. The number of rotatable bonds is 4. The monoisotopic (exact) mass is 350 g/mol. The Balaban J connectivity index is 2.17. The molecule has 0 spiro atoms. The molecule has 0 bridgehead atoms. The number of anilines is 1. The smallest absolute Gasteiger partial charge is 0.335 e. The van der Waals surface area contributed by atoms with Crippen molar-refractivity contribution in [2.24, 2.45) is 0 Å². The highest BCUT2D eigenvalue weighted by atomic mass is 79.9. The van der Waals surface area contributed by atoms with Gasteiger partial charge in [-0.1, -0.05) is 0 Å². The van der Waals surface area contributed by atoms with Crippen LogP contribution in [0.5, 0.6) is 5.88 Å². The summed E-state index contributed by atoms with van der Waals surface area (Å²) in [6.07, 6.45) is 1.40. The van der Waals surface area contributed by atoms with Gasteiger partial charge in [-0.05, 0) is 40.2 Å². The molecule has 0 saturated heterocycles. The maximum absolute atomic E-state index is 12.1. The summed E-state index contributed by atoms with van der Waals surface area (Å²) in [4.78, 5) is 26.8. The highest BCUT2D eigenvalue weighted by molar-refractivity contribution is 9.10. The van der Waals surface area contributed by atoms with Gasteiger partial charge in [0.2, 0.25) is 5.88 Å². The van der Waals surface area contributed by atoms with Crippen LogP contribution < -0.4 is 10.1 Å². The van der Waals surface area contributed by atoms with Gasteiger partial charge in [0.15, 0.2) is 0 Å². The number of pyridine rings is 1. The highest BCUT2D eigenvalue weighted by Crippen LogP contribution is 2.24. The van der Waals surface area contributed by atoms with E-state index in [1.54, 1.807) is 12.1 Å². The predicted octanol–water partition coefficient (Wildman–Crippen LogP) is 2.80. The lowest BCUT2D eigenvalue weighted by molar-refractivity contribution is 0.0696. The Hall–Kier alpha value is -2.41. The standard InChI is InChI=1S/C14H11BrN2O4/c1-21-12-5-3-9(7-16-12)13(18)17-11-4-2-8(14(19)20)6-10(11)15/h2-7H,1H3,(H,17,18)(H,19,20). The number of carboxylic acids is 1. The Morgan fingerprint density at radius 2 is 1.95 bits per heavy atom. The number of carbonyl (C=O) groups is 2. The molecule has 1 amide bonds. The number of hydrogen-bond donors (Lipinski definition) is 2. The van der Waals surface area contributed by atoms with Crippen molar-refractivity contribution < 1.29 is 19.4 Å². The second-order valence-corrected chi connectivity index (χ2v) is 4.90. The van der Waals surface area contributed by atoms with Crippen LogP contribution in [0.1, 0.15) is 20.7 Å². The molecule has 0 fully saturated rings. The van der Waals surface area contributed by atoms with Crippen LogP contribution in [0.25, 0.3) is 0 Å². The normalized spacial score (nSPS) is 10.0. The van der Waals surface area contributed by atoms with Crippen molar-refractivity contribution in [2.45, 2.75) is 0 Å². The van der Waals surface area contributed by atoms with Gasteiger partial charge in [-0.15, -0.1) is 0 Å². The lowest BCUT2D eigenvalue weighted by Crippen LogP contribution is -2.13. The summed E-state index contributed by atoms with van der Waals surface area (Å²) in [5.74, 6) is -0.972. The molecule has 0 saturated carbocycles. The van der Waals surface area contributed by atoms with Crippen LogP contribution in [-0.2, 0) is 0 Å². The maximum atomic E-state index is 12.1. The van der Waals surface area contributed by atoms with Crippen LogP contribution >= 0.6 is 15.9 Å². The minimum Gasteiger partial charge on any atom is -0.481 e. The van der Waals surface area contributed by atoms with Crippen LogP contribution in [0, 0.1) is 0 Å². The Kier molecular flexibility index (Phi) is 4.54. The summed E-state index contributed by atoms with van der Waals surface area (Å²) in [5.41, 5.74) is 0.969. The molecule has 1 aromatic carbocycles. The van der Waals surface area contributed by atoms with E-state index in [4.69, 9.17) is 9.84 Å². The fourth-order valence-electron chi connectivity index (χ4n) is 1.58. The van der Waals surface area contributed by atoms with E-state index in [0.717, 1.165) is 0 Å². The second kappa shape index (κ2) is 6.36. The summed E-state index contributed by atoms with van der Waals surface area (Å²) >= 11 is 3.23. The Morgan fingerprint density at radius 3 is 2.48 bits per heavy atom. The Morgan fingerprint density at radius 1 is 1.24 bits per heavy atom. The first-order chi connectivity index (χ1) is 10.0. The Labute approximate surface area is 128 Å². The molecule has 2 aromatic rings. The number of carbonyl (C=O) groups excluding carboxylic acids is 1. The topological polar surface area (TPSA) is 88.5 Å². The van der Waals surface area contributed by atoms with Gasteiger partial charge in [-0.3, -0.25) is 4.79 Å². The maximum Gasteiger partial charge on any atom is 0.335 e. The summed E-state index contributed by atoms with van der Waals surface area (Å²) in [6, 6.07) is 7.51. The van der Waals surface area contributed by atoms with Crippen molar-refractivity contribution in [3.05, 3.63) is 52.1 Å². The molecule has 21 heavy (non-hydrogen) atoms. The Bertz CT molecular complexity index is 686. The first-order valence-corrected chi connectivity index (χ1v) is 6.65. The van der Waals surface area contributed by atoms with Gasteiger partial charge < -0.3 is 15.2 Å². The first-order valence-electron chi connectivity index (χ1n) is 5.85. The third kappa shape index (κ3) is 3.57. The zero-order valence-electron chi connectivity index (χ0n) is 11.0. The third-order valence-electron chi connectivity index (χ3n) is 2.67. The number of ether oxygens (including phenoxy) is 1. The number of halogens is 1. The summed E-state index contributed by atoms with van der Waals surface area (Å²) in [6.45, 7) is 0. The van der Waals surface area contributed by atoms with Gasteiger partial charge in [0.05, 0.1) is 23.9 Å². The van der Waals surface area contributed by atoms with E-state index in [1.165, 1.54) is 31.5 Å². The van der Waals surface area contributed by atoms with Gasteiger partial charge in [0.1, 0.15) is 0 Å². The number of benzene rings is 1. The van der Waals surface area contributed by atoms with E-state index < -0.39 is 5.97 Å². The zero-order chi connectivity index (χ0) is 15.4. The van der Waals surface area contributed by atoms with Crippen molar-refractivity contribution in [1.29, 1.82) is 0 Å². The van der Waals surface area contributed by atoms with Gasteiger partial charge >= 0.3 is 5.97 Å². The molecule has 2 N–H and O–H groups in total. The molecule has 0 radical (unpaired) electrons. The van der Waals surface area contributed by atoms with Crippen LogP contribution in [0.15, 0.2) is 41.0 Å². The SMILES string of the molecule is COc1ccc(C(=O)Nc2ccc(C(=O)O)cc2Br)cn1. The van der Waals surface area contributed by atoms with Crippen LogP contribution in [0.4, 0.5) is 5.69 Å². The minimum atomic E-state index is -1.03. The first kappa shape index (κ1) is 15.0. The van der Waals surface area contributed by atoms with Crippen LogP contribution in [-0.4, -0.2) is 29.1 Å². The second-order valence-electron chi connectivity index (χ2n) is 4.04. The molecule has 0 aliphatic heterocycles. The summed E-state index contributed by atoms with van der Waals surface area (Å²) in [7, 11) is 1.49. The fourth-order valence-corrected chi connectivity index (χ4v) is 2.06. The average Bonchev–Trinajstić information content (AvgIpc) is 2.49. The molecule has 2 rings (SSSR count). The molecule has 7 heteroatoms. The summed E-state index contributed by atoms with van der Waals surface area (Å²) < 4.78 is 5.40. The lowest BCUT2D eigenvalue weighted by Gasteiger charge is -2.08. The number of methoxy groups -OCH3 is 1. The van der Waals surface area contributed by atoms with Gasteiger partial charge in [0.25, 0.3) is 5.91 Å². The largest absolute Gasteiger partial charge is 0.481 e. The zero-order valence-corrected chi connectivity index (χ0v) is 12.5.